The number of benzene rings is 3. The molecule has 0 aromatic heterocycles. The quantitative estimate of drug-likeness (QED) is 0.131. The summed E-state index contributed by atoms with van der Waals surface area (Å²) in [7, 11) is 0. The van der Waals surface area contributed by atoms with Gasteiger partial charge in [0.15, 0.2) is 0 Å². The molecule has 0 radical (unpaired) electrons. The predicted molar refractivity (Wildman–Crippen MR) is 173 cm³/mol. The van der Waals surface area contributed by atoms with Crippen molar-refractivity contribution in [2.24, 2.45) is 11.3 Å². The zero-order valence-electron chi connectivity index (χ0n) is 27.0. The Morgan fingerprint density at radius 3 is 1.96 bits per heavy atom. The molecular weight excluding hydrogens is 586 g/mol. The lowest BCUT2D eigenvalue weighted by Crippen LogP contribution is -2.54. The van der Waals surface area contributed by atoms with Crippen molar-refractivity contribution in [1.29, 1.82) is 0 Å². The lowest BCUT2D eigenvalue weighted by molar-refractivity contribution is -0.159. The number of carbonyl (C=O) groups excluding carboxylic acids is 4. The number of amides is 3. The maximum absolute atomic E-state index is 13.1. The fourth-order valence-electron chi connectivity index (χ4n) is 5.23. The van der Waals surface area contributed by atoms with Gasteiger partial charge in [0.1, 0.15) is 32.0 Å². The summed E-state index contributed by atoms with van der Waals surface area (Å²) in [6.45, 7) is 8.63. The minimum atomic E-state index is -0.936. The summed E-state index contributed by atoms with van der Waals surface area (Å²) >= 11 is 0. The van der Waals surface area contributed by atoms with Gasteiger partial charge in [-0.15, -0.1) is 0 Å². The molecule has 4 rings (SSSR count). The SMILES string of the molecule is CC(C)[C@H](NC(=O)OCC1c2ccccc2-c2ccccc21)C(=O)N[C@@H](C)C(=O)NCOCC(C)(C)C(=O)OCc1ccccc1. The van der Waals surface area contributed by atoms with Crippen molar-refractivity contribution in [2.45, 2.75) is 59.2 Å². The Morgan fingerprint density at radius 1 is 0.761 bits per heavy atom. The highest BCUT2D eigenvalue weighted by molar-refractivity contribution is 5.91. The molecule has 0 unspecified atom stereocenters. The van der Waals surface area contributed by atoms with E-state index in [4.69, 9.17) is 14.2 Å². The topological polar surface area (TPSA) is 132 Å². The summed E-state index contributed by atoms with van der Waals surface area (Å²) in [5, 5.41) is 7.90. The van der Waals surface area contributed by atoms with Crippen LogP contribution >= 0.6 is 0 Å². The van der Waals surface area contributed by atoms with Crippen LogP contribution < -0.4 is 16.0 Å². The fourth-order valence-corrected chi connectivity index (χ4v) is 5.23. The molecule has 10 nitrogen and oxygen atoms in total. The smallest absolute Gasteiger partial charge is 0.407 e. The van der Waals surface area contributed by atoms with Crippen molar-refractivity contribution in [3.63, 3.8) is 0 Å². The number of nitrogens with one attached hydrogen (secondary N) is 3. The molecule has 0 fully saturated rings. The molecule has 244 valence electrons. The van der Waals surface area contributed by atoms with Gasteiger partial charge in [-0.2, -0.15) is 0 Å². The molecule has 0 aliphatic heterocycles. The molecule has 3 amide bonds. The van der Waals surface area contributed by atoms with Crippen LogP contribution in [0.3, 0.4) is 0 Å². The van der Waals surface area contributed by atoms with Gasteiger partial charge in [-0.25, -0.2) is 4.79 Å². The summed E-state index contributed by atoms with van der Waals surface area (Å²) < 4.78 is 16.5. The van der Waals surface area contributed by atoms with E-state index in [0.717, 1.165) is 27.8 Å². The van der Waals surface area contributed by atoms with E-state index < -0.39 is 41.4 Å². The van der Waals surface area contributed by atoms with Crippen LogP contribution in [0.2, 0.25) is 0 Å². The summed E-state index contributed by atoms with van der Waals surface area (Å²) in [6.07, 6.45) is -0.717. The Morgan fingerprint density at radius 2 is 1.35 bits per heavy atom. The first-order valence-electron chi connectivity index (χ1n) is 15.5. The third kappa shape index (κ3) is 8.72. The number of fused-ring (bicyclic) bond motifs is 3. The highest BCUT2D eigenvalue weighted by atomic mass is 16.6. The van der Waals surface area contributed by atoms with Gasteiger partial charge in [-0.05, 0) is 54.5 Å². The molecule has 10 heteroatoms. The molecule has 1 aliphatic carbocycles. The fraction of sp³-hybridized carbons (Fsp3) is 0.389. The van der Waals surface area contributed by atoms with Gasteiger partial charge in [-0.1, -0.05) is 92.7 Å². The van der Waals surface area contributed by atoms with Crippen LogP contribution in [0.4, 0.5) is 4.79 Å². The molecule has 0 spiro atoms. The van der Waals surface area contributed by atoms with Crippen LogP contribution in [-0.2, 0) is 35.2 Å². The Labute approximate surface area is 270 Å². The van der Waals surface area contributed by atoms with Gasteiger partial charge in [0.2, 0.25) is 11.8 Å². The van der Waals surface area contributed by atoms with Crippen molar-refractivity contribution in [3.05, 3.63) is 95.6 Å². The number of hydrogen-bond acceptors (Lipinski definition) is 7. The van der Waals surface area contributed by atoms with Crippen molar-refractivity contribution >= 4 is 23.9 Å². The number of rotatable bonds is 14. The molecule has 0 heterocycles. The van der Waals surface area contributed by atoms with Gasteiger partial charge >= 0.3 is 12.1 Å². The lowest BCUT2D eigenvalue weighted by atomic mass is 9.95. The lowest BCUT2D eigenvalue weighted by Gasteiger charge is -2.24. The molecule has 0 saturated heterocycles. The highest BCUT2D eigenvalue weighted by Gasteiger charge is 2.32. The van der Waals surface area contributed by atoms with Crippen LogP contribution in [0.15, 0.2) is 78.9 Å². The highest BCUT2D eigenvalue weighted by Crippen LogP contribution is 2.44. The average Bonchev–Trinajstić information content (AvgIpc) is 3.37. The molecule has 1 aliphatic rings. The van der Waals surface area contributed by atoms with Gasteiger partial charge in [0.25, 0.3) is 0 Å². The van der Waals surface area contributed by atoms with Gasteiger partial charge in [-0.3, -0.25) is 14.4 Å². The van der Waals surface area contributed by atoms with Crippen LogP contribution in [0, 0.1) is 11.3 Å². The van der Waals surface area contributed by atoms with E-state index in [1.165, 1.54) is 6.92 Å². The van der Waals surface area contributed by atoms with E-state index >= 15 is 0 Å². The standard InChI is InChI=1S/C36H43N3O7/c1-23(2)31(39-35(43)46-20-30-28-17-11-9-15-26(28)27-16-10-12-18-29(27)30)33(41)38-24(3)32(40)37-22-44-21-36(4,5)34(42)45-19-25-13-7-6-8-14-25/h6-18,23-24,30-31H,19-22H2,1-5H3,(H,37,40)(H,38,41)(H,39,43)/t24-,31-/m0/s1. The second-order valence-corrected chi connectivity index (χ2v) is 12.4. The van der Waals surface area contributed by atoms with Crippen molar-refractivity contribution in [3.8, 4) is 11.1 Å². The van der Waals surface area contributed by atoms with E-state index in [2.05, 4.69) is 28.1 Å². The summed E-state index contributed by atoms with van der Waals surface area (Å²) in [5.41, 5.74) is 4.36. The second kappa shape index (κ2) is 15.5. The number of esters is 1. The normalized spacial score (nSPS) is 13.6. The van der Waals surface area contributed by atoms with Crippen LogP contribution in [0.1, 0.15) is 57.2 Å². The van der Waals surface area contributed by atoms with Gasteiger partial charge in [0, 0.05) is 5.92 Å². The van der Waals surface area contributed by atoms with Crippen molar-refractivity contribution < 1.29 is 33.4 Å². The molecule has 2 atom stereocenters. The third-order valence-corrected chi connectivity index (χ3v) is 7.89. The summed E-state index contributed by atoms with van der Waals surface area (Å²) in [5.74, 6) is -1.81. The van der Waals surface area contributed by atoms with Crippen molar-refractivity contribution in [1.82, 2.24) is 16.0 Å². The number of ether oxygens (including phenoxy) is 3. The minimum Gasteiger partial charge on any atom is -0.460 e. The van der Waals surface area contributed by atoms with Gasteiger partial charge in [0.05, 0.1) is 12.0 Å². The van der Waals surface area contributed by atoms with E-state index in [1.807, 2.05) is 66.7 Å². The van der Waals surface area contributed by atoms with Crippen LogP contribution in [-0.4, -0.2) is 55.9 Å². The zero-order valence-corrected chi connectivity index (χ0v) is 27.0. The maximum Gasteiger partial charge on any atom is 0.407 e. The molecule has 3 N–H and O–H groups in total. The zero-order chi connectivity index (χ0) is 33.3. The maximum atomic E-state index is 13.1. The first kappa shape index (κ1) is 34.2. The summed E-state index contributed by atoms with van der Waals surface area (Å²) in [4.78, 5) is 51.1. The Kier molecular flexibility index (Phi) is 11.5. The van der Waals surface area contributed by atoms with E-state index in [-0.39, 0.29) is 38.4 Å². The predicted octanol–water partition coefficient (Wildman–Crippen LogP) is 4.91. The Hall–Kier alpha value is -4.70. The third-order valence-electron chi connectivity index (χ3n) is 7.89. The first-order chi connectivity index (χ1) is 22.0. The van der Waals surface area contributed by atoms with E-state index in [1.54, 1.807) is 27.7 Å². The average molecular weight is 630 g/mol. The first-order valence-corrected chi connectivity index (χ1v) is 15.5. The largest absolute Gasteiger partial charge is 0.460 e. The van der Waals surface area contributed by atoms with Gasteiger partial charge < -0.3 is 30.2 Å². The number of carbonyl (C=O) groups is 4. The summed E-state index contributed by atoms with van der Waals surface area (Å²) in [6, 6.07) is 23.6. The number of alkyl carbamates (subject to hydrolysis) is 1. The minimum absolute atomic E-state index is 0.0150. The molecule has 3 aromatic rings. The molecule has 3 aromatic carbocycles. The monoisotopic (exact) mass is 629 g/mol. The van der Waals surface area contributed by atoms with Crippen LogP contribution in [0.25, 0.3) is 11.1 Å². The van der Waals surface area contributed by atoms with Crippen molar-refractivity contribution in [2.75, 3.05) is 19.9 Å². The van der Waals surface area contributed by atoms with E-state index in [9.17, 15) is 19.2 Å². The van der Waals surface area contributed by atoms with Crippen LogP contribution in [0.5, 0.6) is 0 Å². The molecule has 46 heavy (non-hydrogen) atoms. The number of hydrogen-bond donors (Lipinski definition) is 3. The van der Waals surface area contributed by atoms with E-state index in [0.29, 0.717) is 0 Å². The Balaban J connectivity index is 1.20. The molecular formula is C36H43N3O7. The Bertz CT molecular complexity index is 1480. The second-order valence-electron chi connectivity index (χ2n) is 12.4. The molecule has 0 bridgehead atoms. The molecule has 0 saturated carbocycles.